The molecule has 0 radical (unpaired) electrons. The van der Waals surface area contributed by atoms with Gasteiger partial charge in [0.2, 0.25) is 11.8 Å². The van der Waals surface area contributed by atoms with E-state index in [-0.39, 0.29) is 17.2 Å². The van der Waals surface area contributed by atoms with Gasteiger partial charge < -0.3 is 10.6 Å². The lowest BCUT2D eigenvalue weighted by Gasteiger charge is -2.33. The summed E-state index contributed by atoms with van der Waals surface area (Å²) < 4.78 is 1.47. The van der Waals surface area contributed by atoms with Crippen molar-refractivity contribution in [2.75, 3.05) is 12.3 Å². The van der Waals surface area contributed by atoms with Crippen LogP contribution in [-0.4, -0.2) is 44.6 Å². The van der Waals surface area contributed by atoms with E-state index in [2.05, 4.69) is 4.98 Å². The van der Waals surface area contributed by atoms with Crippen LogP contribution in [0.2, 0.25) is 0 Å². The molecule has 150 valence electrons. The van der Waals surface area contributed by atoms with Crippen LogP contribution in [0.3, 0.4) is 0 Å². The SMILES string of the molecule is Cn1c(SCC(=O)N2CCCC[C@@H]2C(N)=O)nc2cc3ccccc3cc2c1=O. The molecule has 1 aliphatic heterocycles. The molecule has 7 nitrogen and oxygen atoms in total. The Bertz CT molecular complexity index is 1170. The number of primary amides is 1. The number of fused-ring (bicyclic) bond motifs is 2. The number of thioether (sulfide) groups is 1. The number of hydrogen-bond donors (Lipinski definition) is 1. The highest BCUT2D eigenvalue weighted by Gasteiger charge is 2.30. The van der Waals surface area contributed by atoms with Gasteiger partial charge in [0.1, 0.15) is 6.04 Å². The molecule has 0 aliphatic carbocycles. The maximum atomic E-state index is 12.8. The van der Waals surface area contributed by atoms with Crippen molar-refractivity contribution in [2.45, 2.75) is 30.5 Å². The Balaban J connectivity index is 1.61. The van der Waals surface area contributed by atoms with Crippen molar-refractivity contribution in [3.63, 3.8) is 0 Å². The van der Waals surface area contributed by atoms with Crippen LogP contribution >= 0.6 is 11.8 Å². The van der Waals surface area contributed by atoms with Gasteiger partial charge in [-0.05, 0) is 42.2 Å². The summed E-state index contributed by atoms with van der Waals surface area (Å²) in [6, 6.07) is 11.0. The Morgan fingerprint density at radius 3 is 2.66 bits per heavy atom. The molecule has 2 amide bonds. The number of rotatable bonds is 4. The number of aromatic nitrogens is 2. The van der Waals surface area contributed by atoms with Gasteiger partial charge >= 0.3 is 0 Å². The molecule has 1 aliphatic rings. The third kappa shape index (κ3) is 3.72. The number of carbonyl (C=O) groups is 2. The Morgan fingerprint density at radius 1 is 1.21 bits per heavy atom. The molecule has 29 heavy (non-hydrogen) atoms. The van der Waals surface area contributed by atoms with Gasteiger partial charge in [-0.3, -0.25) is 19.0 Å². The quantitative estimate of drug-likeness (QED) is 0.403. The summed E-state index contributed by atoms with van der Waals surface area (Å²) in [6.45, 7) is 0.531. The van der Waals surface area contributed by atoms with Gasteiger partial charge in [0, 0.05) is 13.6 Å². The fourth-order valence-corrected chi connectivity index (χ4v) is 4.66. The van der Waals surface area contributed by atoms with Crippen LogP contribution in [0.25, 0.3) is 21.7 Å². The molecular weight excluding hydrogens is 388 g/mol. The molecule has 1 atom stereocenters. The van der Waals surface area contributed by atoms with Crippen LogP contribution in [0.4, 0.5) is 0 Å². The first-order valence-corrected chi connectivity index (χ1v) is 10.6. The summed E-state index contributed by atoms with van der Waals surface area (Å²) in [5.74, 6) is -0.527. The molecule has 0 bridgehead atoms. The van der Waals surface area contributed by atoms with Gasteiger partial charge in [0.15, 0.2) is 5.16 Å². The van der Waals surface area contributed by atoms with Crippen molar-refractivity contribution < 1.29 is 9.59 Å². The van der Waals surface area contributed by atoms with E-state index in [1.165, 1.54) is 16.3 Å². The highest BCUT2D eigenvalue weighted by molar-refractivity contribution is 7.99. The van der Waals surface area contributed by atoms with Crippen LogP contribution in [0.1, 0.15) is 19.3 Å². The second-order valence-electron chi connectivity index (χ2n) is 7.26. The minimum Gasteiger partial charge on any atom is -0.368 e. The Morgan fingerprint density at radius 2 is 1.93 bits per heavy atom. The largest absolute Gasteiger partial charge is 0.368 e. The summed E-state index contributed by atoms with van der Waals surface area (Å²) >= 11 is 1.21. The minimum absolute atomic E-state index is 0.100. The lowest BCUT2D eigenvalue weighted by atomic mass is 10.0. The number of amides is 2. The van der Waals surface area contributed by atoms with Crippen LogP contribution in [0, 0.1) is 0 Å². The Hall–Kier alpha value is -2.87. The number of nitrogens with two attached hydrogens (primary N) is 1. The van der Waals surface area contributed by atoms with Gasteiger partial charge in [-0.2, -0.15) is 0 Å². The lowest BCUT2D eigenvalue weighted by molar-refractivity contribution is -0.138. The zero-order valence-corrected chi connectivity index (χ0v) is 16.9. The third-order valence-corrected chi connectivity index (χ3v) is 6.39. The topological polar surface area (TPSA) is 98.3 Å². The fraction of sp³-hybridized carbons (Fsp3) is 0.333. The smallest absolute Gasteiger partial charge is 0.261 e. The number of likely N-dealkylation sites (tertiary alicyclic amines) is 1. The summed E-state index contributed by atoms with van der Waals surface area (Å²) in [7, 11) is 1.66. The van der Waals surface area contributed by atoms with Gasteiger partial charge in [0.25, 0.3) is 5.56 Å². The third-order valence-electron chi connectivity index (χ3n) is 5.38. The fourth-order valence-electron chi connectivity index (χ4n) is 3.80. The maximum Gasteiger partial charge on any atom is 0.261 e. The molecule has 8 heteroatoms. The molecule has 2 N–H and O–H groups in total. The zero-order chi connectivity index (χ0) is 20.5. The first-order chi connectivity index (χ1) is 14.0. The number of benzene rings is 2. The van der Waals surface area contributed by atoms with Gasteiger partial charge in [0.05, 0.1) is 16.7 Å². The summed E-state index contributed by atoms with van der Waals surface area (Å²) in [5, 5.41) is 3.01. The number of nitrogens with zero attached hydrogens (tertiary/aromatic N) is 3. The molecule has 0 saturated carbocycles. The highest BCUT2D eigenvalue weighted by atomic mass is 32.2. The molecule has 0 unspecified atom stereocenters. The number of carbonyl (C=O) groups excluding carboxylic acids is 2. The monoisotopic (exact) mass is 410 g/mol. The van der Waals surface area contributed by atoms with E-state index in [0.717, 1.165) is 23.6 Å². The molecule has 2 aromatic carbocycles. The molecule has 0 spiro atoms. The predicted octanol–water partition coefficient (Wildman–Crippen LogP) is 2.05. The highest BCUT2D eigenvalue weighted by Crippen LogP contribution is 2.24. The van der Waals surface area contributed by atoms with Crippen molar-refractivity contribution in [1.29, 1.82) is 0 Å². The molecule has 1 aromatic heterocycles. The first-order valence-electron chi connectivity index (χ1n) is 9.57. The normalized spacial score (nSPS) is 17.0. The first kappa shape index (κ1) is 19.4. The predicted molar refractivity (Wildman–Crippen MR) is 114 cm³/mol. The number of piperidine rings is 1. The van der Waals surface area contributed by atoms with E-state index in [4.69, 9.17) is 5.73 Å². The van der Waals surface area contributed by atoms with E-state index in [1.54, 1.807) is 11.9 Å². The molecule has 1 saturated heterocycles. The van der Waals surface area contributed by atoms with Crippen LogP contribution < -0.4 is 11.3 Å². The van der Waals surface area contributed by atoms with E-state index >= 15 is 0 Å². The van der Waals surface area contributed by atoms with Crippen LogP contribution in [0.5, 0.6) is 0 Å². The second-order valence-corrected chi connectivity index (χ2v) is 8.21. The summed E-state index contributed by atoms with van der Waals surface area (Å²) in [5.41, 5.74) is 5.91. The summed E-state index contributed by atoms with van der Waals surface area (Å²) in [6.07, 6.45) is 2.35. The second kappa shape index (κ2) is 7.87. The molecule has 4 rings (SSSR count). The molecule has 2 heterocycles. The molecular formula is C21H22N4O3S. The van der Waals surface area contributed by atoms with Gasteiger partial charge in [-0.25, -0.2) is 4.98 Å². The van der Waals surface area contributed by atoms with E-state index < -0.39 is 11.9 Å². The average molecular weight is 410 g/mol. The average Bonchev–Trinajstić information content (AvgIpc) is 2.74. The summed E-state index contributed by atoms with van der Waals surface area (Å²) in [4.78, 5) is 43.4. The molecule has 1 fully saturated rings. The van der Waals surface area contributed by atoms with E-state index in [0.29, 0.717) is 29.0 Å². The van der Waals surface area contributed by atoms with Crippen LogP contribution in [-0.2, 0) is 16.6 Å². The number of hydrogen-bond acceptors (Lipinski definition) is 5. The molecule has 3 aromatic rings. The van der Waals surface area contributed by atoms with E-state index in [9.17, 15) is 14.4 Å². The van der Waals surface area contributed by atoms with Gasteiger partial charge in [-0.1, -0.05) is 36.0 Å². The zero-order valence-electron chi connectivity index (χ0n) is 16.1. The van der Waals surface area contributed by atoms with E-state index in [1.807, 2.05) is 36.4 Å². The van der Waals surface area contributed by atoms with Crippen molar-refractivity contribution in [3.05, 3.63) is 46.8 Å². The van der Waals surface area contributed by atoms with Crippen molar-refractivity contribution >= 4 is 45.3 Å². The van der Waals surface area contributed by atoms with Crippen LogP contribution in [0.15, 0.2) is 46.3 Å². The van der Waals surface area contributed by atoms with Crippen molar-refractivity contribution in [2.24, 2.45) is 12.8 Å². The lowest BCUT2D eigenvalue weighted by Crippen LogP contribution is -2.51. The maximum absolute atomic E-state index is 12.8. The standard InChI is InChI=1S/C21H22N4O3S/c1-24-20(28)15-10-13-6-2-3-7-14(13)11-16(15)23-21(24)29-12-18(26)25-9-5-4-8-17(25)19(22)27/h2-3,6-7,10-11,17H,4-5,8-9,12H2,1H3,(H2,22,27)/t17-/m1/s1. The van der Waals surface area contributed by atoms with Gasteiger partial charge in [-0.15, -0.1) is 0 Å². The van der Waals surface area contributed by atoms with Crippen molar-refractivity contribution in [3.8, 4) is 0 Å². The van der Waals surface area contributed by atoms with Crippen molar-refractivity contribution in [1.82, 2.24) is 14.5 Å². The Kier molecular flexibility index (Phi) is 5.27. The minimum atomic E-state index is -0.545. The Labute approximate surface area is 171 Å².